The molecule has 0 radical (unpaired) electrons. The van der Waals surface area contributed by atoms with E-state index in [0.717, 1.165) is 11.0 Å². The minimum Gasteiger partial charge on any atom is -0.399 e. The highest BCUT2D eigenvalue weighted by Crippen LogP contribution is 2.36. The van der Waals surface area contributed by atoms with Gasteiger partial charge in [-0.05, 0) is 38.7 Å². The predicted molar refractivity (Wildman–Crippen MR) is 78.6 cm³/mol. The lowest BCUT2D eigenvalue weighted by molar-refractivity contribution is 0.00578. The Labute approximate surface area is 120 Å². The van der Waals surface area contributed by atoms with Crippen LogP contribution in [0.1, 0.15) is 33.3 Å². The summed E-state index contributed by atoms with van der Waals surface area (Å²) in [7, 11) is -0.439. The smallest absolute Gasteiger partial charge is 0.399 e. The van der Waals surface area contributed by atoms with Crippen LogP contribution in [0.25, 0.3) is 0 Å². The summed E-state index contributed by atoms with van der Waals surface area (Å²) in [5, 5.41) is 2.59. The van der Waals surface area contributed by atoms with Crippen molar-refractivity contribution in [3.05, 3.63) is 29.8 Å². The molecule has 2 rings (SSSR count). The first kappa shape index (κ1) is 14.9. The lowest BCUT2D eigenvalue weighted by atomic mass is 9.76. The van der Waals surface area contributed by atoms with E-state index in [4.69, 9.17) is 15.0 Å². The van der Waals surface area contributed by atoms with Gasteiger partial charge < -0.3 is 20.4 Å². The van der Waals surface area contributed by atoms with Crippen molar-refractivity contribution in [1.82, 2.24) is 5.32 Å². The van der Waals surface area contributed by atoms with Crippen LogP contribution in [-0.4, -0.2) is 24.4 Å². The molecule has 1 heterocycles. The third-order valence-electron chi connectivity index (χ3n) is 4.02. The van der Waals surface area contributed by atoms with Crippen LogP contribution in [0.5, 0.6) is 0 Å². The normalized spacial score (nSPS) is 19.9. The highest BCUT2D eigenvalue weighted by molar-refractivity contribution is 6.62. The number of amides is 2. The molecule has 0 saturated carbocycles. The molecule has 2 amide bonds. The van der Waals surface area contributed by atoms with E-state index in [1.807, 2.05) is 52.0 Å². The standard InChI is InChI=1S/C14H21BN2O3/c1-13(2)14(3,4)20-15(19-13)11-8-6-5-7-10(11)9-17-12(16)18/h5-8H,9H2,1-4H3,(H3,16,17,18). The molecule has 1 aliphatic heterocycles. The predicted octanol–water partition coefficient (Wildman–Crippen LogP) is 1.15. The summed E-state index contributed by atoms with van der Waals surface area (Å²) >= 11 is 0. The van der Waals surface area contributed by atoms with Crippen molar-refractivity contribution in [3.8, 4) is 0 Å². The molecule has 1 aliphatic rings. The van der Waals surface area contributed by atoms with Crippen molar-refractivity contribution < 1.29 is 14.1 Å². The zero-order valence-corrected chi connectivity index (χ0v) is 12.4. The second-order valence-corrected chi connectivity index (χ2v) is 6.00. The number of primary amides is 1. The van der Waals surface area contributed by atoms with Gasteiger partial charge in [0.05, 0.1) is 11.2 Å². The van der Waals surface area contributed by atoms with Crippen LogP contribution in [0.4, 0.5) is 4.79 Å². The Morgan fingerprint density at radius 1 is 1.20 bits per heavy atom. The number of urea groups is 1. The largest absolute Gasteiger partial charge is 0.495 e. The zero-order valence-electron chi connectivity index (χ0n) is 12.4. The molecular formula is C14H21BN2O3. The van der Waals surface area contributed by atoms with E-state index in [1.54, 1.807) is 0 Å². The van der Waals surface area contributed by atoms with E-state index in [0.29, 0.717) is 6.54 Å². The molecule has 1 aromatic rings. The van der Waals surface area contributed by atoms with E-state index < -0.39 is 13.1 Å². The van der Waals surface area contributed by atoms with E-state index >= 15 is 0 Å². The van der Waals surface area contributed by atoms with Gasteiger partial charge in [0.25, 0.3) is 0 Å². The molecule has 0 unspecified atom stereocenters. The number of carbonyl (C=O) groups is 1. The molecule has 0 atom stereocenters. The first-order valence-electron chi connectivity index (χ1n) is 6.70. The fraction of sp³-hybridized carbons (Fsp3) is 0.500. The Kier molecular flexibility index (Phi) is 3.80. The van der Waals surface area contributed by atoms with Crippen molar-refractivity contribution in [2.24, 2.45) is 5.73 Å². The summed E-state index contributed by atoms with van der Waals surface area (Å²) in [6.45, 7) is 8.40. The molecule has 6 heteroatoms. The van der Waals surface area contributed by atoms with Gasteiger partial charge in [0.1, 0.15) is 0 Å². The number of carbonyl (C=O) groups excluding carboxylic acids is 1. The van der Waals surface area contributed by atoms with Gasteiger partial charge in [-0.25, -0.2) is 4.79 Å². The molecule has 1 aromatic carbocycles. The molecule has 0 aromatic heterocycles. The lowest BCUT2D eigenvalue weighted by Crippen LogP contribution is -2.41. The lowest BCUT2D eigenvalue weighted by Gasteiger charge is -2.32. The Hall–Kier alpha value is -1.53. The van der Waals surface area contributed by atoms with Gasteiger partial charge in [0.15, 0.2) is 0 Å². The van der Waals surface area contributed by atoms with E-state index in [9.17, 15) is 4.79 Å². The Morgan fingerprint density at radius 3 is 2.30 bits per heavy atom. The van der Waals surface area contributed by atoms with Crippen molar-refractivity contribution in [3.63, 3.8) is 0 Å². The summed E-state index contributed by atoms with van der Waals surface area (Å²) in [6.07, 6.45) is 0. The molecule has 0 spiro atoms. The van der Waals surface area contributed by atoms with Crippen molar-refractivity contribution >= 4 is 18.6 Å². The monoisotopic (exact) mass is 276 g/mol. The molecule has 0 bridgehead atoms. The number of benzene rings is 1. The van der Waals surface area contributed by atoms with Crippen LogP contribution in [-0.2, 0) is 15.9 Å². The highest BCUT2D eigenvalue weighted by atomic mass is 16.7. The van der Waals surface area contributed by atoms with Crippen LogP contribution in [0.2, 0.25) is 0 Å². The Morgan fingerprint density at radius 2 is 1.75 bits per heavy atom. The van der Waals surface area contributed by atoms with Crippen molar-refractivity contribution in [2.45, 2.75) is 45.4 Å². The van der Waals surface area contributed by atoms with E-state index in [-0.39, 0.29) is 11.2 Å². The topological polar surface area (TPSA) is 73.6 Å². The molecule has 108 valence electrons. The van der Waals surface area contributed by atoms with Gasteiger partial charge in [-0.15, -0.1) is 0 Å². The number of hydrogen-bond donors (Lipinski definition) is 2. The zero-order chi connectivity index (χ0) is 15.0. The number of nitrogens with two attached hydrogens (primary N) is 1. The summed E-state index contributed by atoms with van der Waals surface area (Å²) in [5.74, 6) is 0. The van der Waals surface area contributed by atoms with Gasteiger partial charge in [-0.3, -0.25) is 0 Å². The van der Waals surface area contributed by atoms with Gasteiger partial charge >= 0.3 is 13.1 Å². The number of nitrogens with one attached hydrogen (secondary N) is 1. The molecule has 1 saturated heterocycles. The summed E-state index contributed by atoms with van der Waals surface area (Å²) in [5.41, 5.74) is 6.20. The van der Waals surface area contributed by atoms with E-state index in [2.05, 4.69) is 5.32 Å². The summed E-state index contributed by atoms with van der Waals surface area (Å²) in [6, 6.07) is 7.16. The van der Waals surface area contributed by atoms with Crippen LogP contribution < -0.4 is 16.5 Å². The first-order valence-corrected chi connectivity index (χ1v) is 6.70. The second kappa shape index (κ2) is 5.11. The average molecular weight is 276 g/mol. The van der Waals surface area contributed by atoms with Gasteiger partial charge in [-0.2, -0.15) is 0 Å². The molecule has 3 N–H and O–H groups in total. The minimum absolute atomic E-state index is 0.357. The van der Waals surface area contributed by atoms with Gasteiger partial charge in [0, 0.05) is 6.54 Å². The minimum atomic E-state index is -0.547. The molecule has 5 nitrogen and oxygen atoms in total. The first-order chi connectivity index (χ1) is 9.23. The maximum atomic E-state index is 10.9. The number of rotatable bonds is 3. The molecule has 20 heavy (non-hydrogen) atoms. The Bertz CT molecular complexity index is 501. The fourth-order valence-corrected chi connectivity index (χ4v) is 2.08. The third-order valence-corrected chi connectivity index (χ3v) is 4.02. The maximum Gasteiger partial charge on any atom is 0.495 e. The van der Waals surface area contributed by atoms with Crippen molar-refractivity contribution in [1.29, 1.82) is 0 Å². The van der Waals surface area contributed by atoms with Crippen molar-refractivity contribution in [2.75, 3.05) is 0 Å². The van der Waals surface area contributed by atoms with Crippen LogP contribution >= 0.6 is 0 Å². The summed E-state index contributed by atoms with van der Waals surface area (Å²) in [4.78, 5) is 10.9. The summed E-state index contributed by atoms with van der Waals surface area (Å²) < 4.78 is 12.1. The van der Waals surface area contributed by atoms with E-state index in [1.165, 1.54) is 0 Å². The average Bonchev–Trinajstić information content (AvgIpc) is 2.56. The molecule has 1 fully saturated rings. The molecule has 0 aliphatic carbocycles. The highest BCUT2D eigenvalue weighted by Gasteiger charge is 2.52. The SMILES string of the molecule is CC1(C)OB(c2ccccc2CNC(N)=O)OC1(C)C. The number of hydrogen-bond acceptors (Lipinski definition) is 3. The van der Waals surface area contributed by atoms with Gasteiger partial charge in [-0.1, -0.05) is 24.3 Å². The molecular weight excluding hydrogens is 255 g/mol. The fourth-order valence-electron chi connectivity index (χ4n) is 2.08. The quantitative estimate of drug-likeness (QED) is 0.813. The third kappa shape index (κ3) is 2.81. The second-order valence-electron chi connectivity index (χ2n) is 6.00. The van der Waals surface area contributed by atoms with Crippen LogP contribution in [0.3, 0.4) is 0 Å². The van der Waals surface area contributed by atoms with Crippen LogP contribution in [0.15, 0.2) is 24.3 Å². The maximum absolute atomic E-state index is 10.9. The van der Waals surface area contributed by atoms with Crippen LogP contribution in [0, 0.1) is 0 Å². The Balaban J connectivity index is 2.24. The van der Waals surface area contributed by atoms with Gasteiger partial charge in [0.2, 0.25) is 0 Å².